The molecule has 0 bridgehead atoms. The van der Waals surface area contributed by atoms with Gasteiger partial charge in [-0.1, -0.05) is 18.2 Å². The van der Waals surface area contributed by atoms with Crippen LogP contribution in [0, 0.1) is 6.92 Å². The van der Waals surface area contributed by atoms with Crippen molar-refractivity contribution in [1.29, 1.82) is 0 Å². The van der Waals surface area contributed by atoms with Crippen molar-refractivity contribution in [3.05, 3.63) is 48.4 Å². The predicted molar refractivity (Wildman–Crippen MR) is 102 cm³/mol. The maximum Gasteiger partial charge on any atom is 0.254 e. The van der Waals surface area contributed by atoms with Gasteiger partial charge in [0.25, 0.3) is 5.78 Å². The lowest BCUT2D eigenvalue weighted by atomic mass is 10.2. The summed E-state index contributed by atoms with van der Waals surface area (Å²) in [6, 6.07) is 11.6. The Labute approximate surface area is 158 Å². The normalized spacial score (nSPS) is 16.6. The number of anilines is 1. The van der Waals surface area contributed by atoms with E-state index in [1.165, 1.54) is 6.33 Å². The van der Waals surface area contributed by atoms with Crippen LogP contribution in [0.5, 0.6) is 5.75 Å². The highest BCUT2D eigenvalue weighted by Crippen LogP contribution is 2.18. The van der Waals surface area contributed by atoms with E-state index in [1.54, 1.807) is 4.52 Å². The van der Waals surface area contributed by atoms with E-state index in [9.17, 15) is 5.11 Å². The molecule has 0 saturated carbocycles. The van der Waals surface area contributed by atoms with Crippen molar-refractivity contribution in [2.75, 3.05) is 44.2 Å². The summed E-state index contributed by atoms with van der Waals surface area (Å²) in [5.74, 6) is 2.43. The molecule has 8 nitrogen and oxygen atoms in total. The first-order valence-corrected chi connectivity index (χ1v) is 9.19. The molecule has 4 rings (SSSR count). The fraction of sp³-hybridized carbons (Fsp3) is 0.421. The molecule has 142 valence electrons. The number of hydrogen-bond donors (Lipinski definition) is 1. The van der Waals surface area contributed by atoms with Crippen LogP contribution in [-0.4, -0.2) is 75.0 Å². The Hall–Kier alpha value is -2.71. The minimum Gasteiger partial charge on any atom is -0.491 e. The molecule has 1 N–H and O–H groups in total. The van der Waals surface area contributed by atoms with Gasteiger partial charge in [-0.2, -0.15) is 14.6 Å². The van der Waals surface area contributed by atoms with Gasteiger partial charge in [0.15, 0.2) is 0 Å². The zero-order valence-electron chi connectivity index (χ0n) is 15.4. The molecule has 27 heavy (non-hydrogen) atoms. The number of fused-ring (bicyclic) bond motifs is 1. The van der Waals surface area contributed by atoms with E-state index in [2.05, 4.69) is 24.9 Å². The number of aliphatic hydroxyl groups is 1. The van der Waals surface area contributed by atoms with Gasteiger partial charge in [0.2, 0.25) is 0 Å². The highest BCUT2D eigenvalue weighted by Gasteiger charge is 2.22. The number of aromatic nitrogens is 4. The summed E-state index contributed by atoms with van der Waals surface area (Å²) in [6.45, 7) is 6.36. The second-order valence-electron chi connectivity index (χ2n) is 6.79. The van der Waals surface area contributed by atoms with Gasteiger partial charge in [0, 0.05) is 44.5 Å². The maximum absolute atomic E-state index is 10.3. The number of nitrogens with zero attached hydrogens (tertiary/aromatic N) is 6. The lowest BCUT2D eigenvalue weighted by Gasteiger charge is -2.36. The van der Waals surface area contributed by atoms with Crippen LogP contribution in [0.3, 0.4) is 0 Å². The number of para-hydroxylation sites is 1. The topological polar surface area (TPSA) is 79.0 Å². The smallest absolute Gasteiger partial charge is 0.254 e. The van der Waals surface area contributed by atoms with E-state index >= 15 is 0 Å². The van der Waals surface area contributed by atoms with Crippen LogP contribution < -0.4 is 9.64 Å². The molecule has 1 atom stereocenters. The van der Waals surface area contributed by atoms with Crippen molar-refractivity contribution in [2.45, 2.75) is 13.0 Å². The van der Waals surface area contributed by atoms with Crippen LogP contribution in [0.25, 0.3) is 5.78 Å². The molecule has 1 aliphatic rings. The standard InChI is InChI=1S/C19H24N6O2/c1-15-11-18(25-19(22-15)20-14-21-25)24-9-7-23(8-10-24)12-16(26)13-27-17-5-3-2-4-6-17/h2-6,11,14,16,26H,7-10,12-13H2,1H3. The Kier molecular flexibility index (Phi) is 5.17. The molecule has 8 heteroatoms. The lowest BCUT2D eigenvalue weighted by molar-refractivity contribution is 0.0662. The van der Waals surface area contributed by atoms with Gasteiger partial charge < -0.3 is 14.7 Å². The van der Waals surface area contributed by atoms with Gasteiger partial charge >= 0.3 is 0 Å². The minimum absolute atomic E-state index is 0.299. The van der Waals surface area contributed by atoms with E-state index in [-0.39, 0.29) is 0 Å². The Morgan fingerprint density at radius 1 is 1.15 bits per heavy atom. The Bertz CT molecular complexity index is 876. The average Bonchev–Trinajstić information content (AvgIpc) is 3.15. The molecule has 3 heterocycles. The van der Waals surface area contributed by atoms with Crippen molar-refractivity contribution in [3.8, 4) is 5.75 Å². The summed E-state index contributed by atoms with van der Waals surface area (Å²) in [6.07, 6.45) is 1.02. The molecule has 1 fully saturated rings. The van der Waals surface area contributed by atoms with Crippen molar-refractivity contribution in [2.24, 2.45) is 0 Å². The van der Waals surface area contributed by atoms with Crippen molar-refractivity contribution >= 4 is 11.6 Å². The molecule has 0 aliphatic carbocycles. The Morgan fingerprint density at radius 2 is 1.93 bits per heavy atom. The summed E-state index contributed by atoms with van der Waals surface area (Å²) >= 11 is 0. The van der Waals surface area contributed by atoms with Crippen molar-refractivity contribution in [1.82, 2.24) is 24.5 Å². The number of benzene rings is 1. The van der Waals surface area contributed by atoms with Crippen molar-refractivity contribution < 1.29 is 9.84 Å². The van der Waals surface area contributed by atoms with Gasteiger partial charge in [-0.3, -0.25) is 4.90 Å². The van der Waals surface area contributed by atoms with E-state index in [1.807, 2.05) is 43.3 Å². The summed E-state index contributed by atoms with van der Waals surface area (Å²) < 4.78 is 7.42. The first kappa shape index (κ1) is 17.7. The first-order chi connectivity index (χ1) is 13.2. The number of aliphatic hydroxyl groups excluding tert-OH is 1. The van der Waals surface area contributed by atoms with Gasteiger partial charge in [-0.05, 0) is 19.1 Å². The third-order valence-corrected chi connectivity index (χ3v) is 4.71. The molecule has 2 aromatic heterocycles. The molecule has 1 aromatic carbocycles. The summed E-state index contributed by atoms with van der Waals surface area (Å²) in [5.41, 5.74) is 0.932. The van der Waals surface area contributed by atoms with Gasteiger partial charge in [-0.15, -0.1) is 0 Å². The minimum atomic E-state index is -0.512. The van der Waals surface area contributed by atoms with Crippen LogP contribution in [0.15, 0.2) is 42.7 Å². The van der Waals surface area contributed by atoms with E-state index in [4.69, 9.17) is 4.74 Å². The SMILES string of the molecule is Cc1cc(N2CCN(CC(O)COc3ccccc3)CC2)n2ncnc2n1. The second kappa shape index (κ2) is 7.89. The molecular weight excluding hydrogens is 344 g/mol. The third-order valence-electron chi connectivity index (χ3n) is 4.71. The van der Waals surface area contributed by atoms with E-state index in [0.717, 1.165) is 43.4 Å². The number of rotatable bonds is 6. The third kappa shape index (κ3) is 4.17. The molecule has 1 unspecified atom stereocenters. The number of piperazine rings is 1. The summed E-state index contributed by atoms with van der Waals surface area (Å²) in [7, 11) is 0. The monoisotopic (exact) mass is 368 g/mol. The molecule has 0 spiro atoms. The fourth-order valence-electron chi connectivity index (χ4n) is 3.36. The molecule has 3 aromatic rings. The molecule has 0 radical (unpaired) electrons. The van der Waals surface area contributed by atoms with E-state index < -0.39 is 6.10 Å². The zero-order valence-corrected chi connectivity index (χ0v) is 15.4. The highest BCUT2D eigenvalue weighted by molar-refractivity contribution is 5.47. The van der Waals surface area contributed by atoms with Crippen LogP contribution in [0.1, 0.15) is 5.69 Å². The highest BCUT2D eigenvalue weighted by atomic mass is 16.5. The number of hydrogen-bond acceptors (Lipinski definition) is 7. The molecule has 1 saturated heterocycles. The van der Waals surface area contributed by atoms with Gasteiger partial charge in [-0.25, -0.2) is 4.98 Å². The predicted octanol–water partition coefficient (Wildman–Crippen LogP) is 0.995. The number of β-amino-alcohol motifs (C(OH)–C–C–N with tert-alkyl or cyclic N) is 1. The molecular formula is C19H24N6O2. The average molecular weight is 368 g/mol. The van der Waals surface area contributed by atoms with Crippen LogP contribution in [0.4, 0.5) is 5.82 Å². The first-order valence-electron chi connectivity index (χ1n) is 9.19. The van der Waals surface area contributed by atoms with Crippen LogP contribution in [-0.2, 0) is 0 Å². The second-order valence-corrected chi connectivity index (χ2v) is 6.79. The summed E-state index contributed by atoms with van der Waals surface area (Å²) in [4.78, 5) is 13.1. The maximum atomic E-state index is 10.3. The lowest BCUT2D eigenvalue weighted by Crippen LogP contribution is -2.49. The molecule has 0 amide bonds. The van der Waals surface area contributed by atoms with Gasteiger partial charge in [0.1, 0.15) is 30.6 Å². The largest absolute Gasteiger partial charge is 0.491 e. The quantitative estimate of drug-likeness (QED) is 0.695. The van der Waals surface area contributed by atoms with Crippen molar-refractivity contribution in [3.63, 3.8) is 0 Å². The van der Waals surface area contributed by atoms with Gasteiger partial charge in [0.05, 0.1) is 0 Å². The molecule has 1 aliphatic heterocycles. The fourth-order valence-corrected chi connectivity index (χ4v) is 3.36. The van der Waals surface area contributed by atoms with Crippen LogP contribution in [0.2, 0.25) is 0 Å². The zero-order chi connectivity index (χ0) is 18.6. The van der Waals surface area contributed by atoms with E-state index in [0.29, 0.717) is 18.9 Å². The summed E-state index contributed by atoms with van der Waals surface area (Å²) in [5, 5.41) is 14.6. The van der Waals surface area contributed by atoms with Crippen LogP contribution >= 0.6 is 0 Å². The number of ether oxygens (including phenoxy) is 1. The Morgan fingerprint density at radius 3 is 2.70 bits per heavy atom. The Balaban J connectivity index is 1.30. The number of aryl methyl sites for hydroxylation is 1.